The molecule has 0 aliphatic carbocycles. The third kappa shape index (κ3) is 3.18. The molecule has 0 radical (unpaired) electrons. The molecule has 0 aliphatic rings. The molecule has 0 fully saturated rings. The number of hydrogen-bond acceptors (Lipinski definition) is 4. The van der Waals surface area contributed by atoms with Crippen molar-refractivity contribution in [1.82, 2.24) is 0 Å². The molecule has 1 rings (SSSR count). The first-order valence-electron chi connectivity index (χ1n) is 4.78. The van der Waals surface area contributed by atoms with Crippen molar-refractivity contribution in [1.29, 1.82) is 0 Å². The summed E-state index contributed by atoms with van der Waals surface area (Å²) < 4.78 is 46.3. The second-order valence-electron chi connectivity index (χ2n) is 3.41. The van der Waals surface area contributed by atoms with Gasteiger partial charge in [-0.15, -0.1) is 0 Å². The topological polar surface area (TPSA) is 97.5 Å². The normalized spacial score (nSPS) is 12.4. The van der Waals surface area contributed by atoms with Crippen LogP contribution in [0.3, 0.4) is 0 Å². The Morgan fingerprint density at radius 3 is 1.94 bits per heavy atom. The highest BCUT2D eigenvalue weighted by molar-refractivity contribution is 7.92. The summed E-state index contributed by atoms with van der Waals surface area (Å²) in [6.45, 7) is 1.53. The van der Waals surface area contributed by atoms with Crippen LogP contribution in [0.4, 0.5) is 5.69 Å². The van der Waals surface area contributed by atoms with Crippen LogP contribution in [0.2, 0.25) is 0 Å². The van der Waals surface area contributed by atoms with E-state index in [0.29, 0.717) is 5.69 Å². The number of rotatable bonds is 4. The highest BCUT2D eigenvalue weighted by Crippen LogP contribution is 2.18. The van der Waals surface area contributed by atoms with Gasteiger partial charge in [-0.05, 0) is 31.2 Å². The number of benzene rings is 1. The second kappa shape index (κ2) is 4.63. The fraction of sp³-hybridized carbons (Fsp3) is 0.333. The van der Waals surface area contributed by atoms with Crippen molar-refractivity contribution < 1.29 is 16.8 Å². The summed E-state index contributed by atoms with van der Waals surface area (Å²) in [6.07, 6.45) is 0. The standard InChI is InChI=1S/C9H14N2O4S2/c1-3-16(12,13)11(2)8-4-6-9(7-5-8)17(10,14)15/h4-7H,3H2,1-2H3,(H2,10,14,15). The number of anilines is 1. The first kappa shape index (κ1) is 13.9. The summed E-state index contributed by atoms with van der Waals surface area (Å²) in [5.74, 6) is -0.0273. The van der Waals surface area contributed by atoms with E-state index in [1.165, 1.54) is 38.2 Å². The highest BCUT2D eigenvalue weighted by Gasteiger charge is 2.16. The molecule has 96 valence electrons. The van der Waals surface area contributed by atoms with Crippen molar-refractivity contribution >= 4 is 25.7 Å². The van der Waals surface area contributed by atoms with Crippen LogP contribution in [0.25, 0.3) is 0 Å². The van der Waals surface area contributed by atoms with Gasteiger partial charge in [0.2, 0.25) is 20.0 Å². The van der Waals surface area contributed by atoms with Crippen LogP contribution < -0.4 is 9.44 Å². The molecule has 1 aromatic carbocycles. The van der Waals surface area contributed by atoms with E-state index in [1.54, 1.807) is 0 Å². The summed E-state index contributed by atoms with van der Waals surface area (Å²) in [4.78, 5) is -0.0523. The van der Waals surface area contributed by atoms with E-state index in [2.05, 4.69) is 0 Å². The quantitative estimate of drug-likeness (QED) is 0.845. The Bertz CT molecular complexity index is 590. The molecule has 0 bridgehead atoms. The molecule has 17 heavy (non-hydrogen) atoms. The lowest BCUT2D eigenvalue weighted by molar-refractivity contribution is 0.595. The van der Waals surface area contributed by atoms with Crippen molar-refractivity contribution in [2.45, 2.75) is 11.8 Å². The maximum Gasteiger partial charge on any atom is 0.238 e. The molecule has 1 aromatic rings. The smallest absolute Gasteiger partial charge is 0.238 e. The molecule has 0 amide bonds. The Morgan fingerprint density at radius 2 is 1.59 bits per heavy atom. The summed E-state index contributed by atoms with van der Waals surface area (Å²) in [5, 5.41) is 4.94. The monoisotopic (exact) mass is 278 g/mol. The lowest BCUT2D eigenvalue weighted by Gasteiger charge is -2.18. The third-order valence-electron chi connectivity index (χ3n) is 2.31. The molecule has 0 unspecified atom stereocenters. The molecule has 8 heteroatoms. The Balaban J connectivity index is 3.13. The van der Waals surface area contributed by atoms with E-state index >= 15 is 0 Å². The maximum atomic E-state index is 11.6. The Labute approximate surface area is 101 Å². The number of nitrogens with zero attached hydrogens (tertiary/aromatic N) is 1. The van der Waals surface area contributed by atoms with E-state index in [1.807, 2.05) is 0 Å². The van der Waals surface area contributed by atoms with Crippen molar-refractivity contribution in [2.75, 3.05) is 17.1 Å². The van der Waals surface area contributed by atoms with Gasteiger partial charge in [-0.3, -0.25) is 4.31 Å². The van der Waals surface area contributed by atoms with Crippen LogP contribution in [0, 0.1) is 0 Å². The minimum atomic E-state index is -3.75. The van der Waals surface area contributed by atoms with Crippen molar-refractivity contribution in [2.24, 2.45) is 5.14 Å². The highest BCUT2D eigenvalue weighted by atomic mass is 32.2. The number of sulfonamides is 2. The zero-order valence-electron chi connectivity index (χ0n) is 9.49. The summed E-state index contributed by atoms with van der Waals surface area (Å²) >= 11 is 0. The molecule has 0 aliphatic heterocycles. The van der Waals surface area contributed by atoms with Crippen molar-refractivity contribution in [3.63, 3.8) is 0 Å². The van der Waals surface area contributed by atoms with Crippen molar-refractivity contribution in [3.8, 4) is 0 Å². The number of primary sulfonamides is 1. The van der Waals surface area contributed by atoms with E-state index < -0.39 is 20.0 Å². The van der Waals surface area contributed by atoms with Gasteiger partial charge in [-0.25, -0.2) is 22.0 Å². The predicted octanol–water partition coefficient (Wildman–Crippen LogP) is 0.120. The van der Waals surface area contributed by atoms with Gasteiger partial charge >= 0.3 is 0 Å². The molecule has 0 heterocycles. The molecule has 0 saturated heterocycles. The maximum absolute atomic E-state index is 11.6. The molecule has 0 saturated carbocycles. The van der Waals surface area contributed by atoms with E-state index in [0.717, 1.165) is 4.31 Å². The molecule has 0 aromatic heterocycles. The van der Waals surface area contributed by atoms with Gasteiger partial charge < -0.3 is 0 Å². The molecule has 0 spiro atoms. The van der Waals surface area contributed by atoms with Crippen LogP contribution in [0.15, 0.2) is 29.2 Å². The minimum Gasteiger partial charge on any atom is -0.273 e. The summed E-state index contributed by atoms with van der Waals surface area (Å²) in [7, 11) is -5.69. The van der Waals surface area contributed by atoms with Crippen LogP contribution in [0.5, 0.6) is 0 Å². The third-order valence-corrected chi connectivity index (χ3v) is 5.02. The van der Waals surface area contributed by atoms with E-state index in [4.69, 9.17) is 5.14 Å². The number of nitrogens with two attached hydrogens (primary N) is 1. The SMILES string of the molecule is CCS(=O)(=O)N(C)c1ccc(S(N)(=O)=O)cc1. The molecule has 2 N–H and O–H groups in total. The van der Waals surface area contributed by atoms with Crippen molar-refractivity contribution in [3.05, 3.63) is 24.3 Å². The average Bonchev–Trinajstić information content (AvgIpc) is 2.27. The lowest BCUT2D eigenvalue weighted by Crippen LogP contribution is -2.28. The summed E-state index contributed by atoms with van der Waals surface area (Å²) in [5.41, 5.74) is 0.388. The van der Waals surface area contributed by atoms with Gasteiger partial charge in [0.05, 0.1) is 16.3 Å². The zero-order valence-corrected chi connectivity index (χ0v) is 11.1. The zero-order chi connectivity index (χ0) is 13.3. The molecule has 6 nitrogen and oxygen atoms in total. The van der Waals surface area contributed by atoms with Gasteiger partial charge in [0, 0.05) is 7.05 Å². The van der Waals surface area contributed by atoms with Gasteiger partial charge in [0.25, 0.3) is 0 Å². The predicted molar refractivity (Wildman–Crippen MR) is 65.7 cm³/mol. The van der Waals surface area contributed by atoms with E-state index in [-0.39, 0.29) is 10.6 Å². The lowest BCUT2D eigenvalue weighted by atomic mass is 10.3. The van der Waals surface area contributed by atoms with Crippen LogP contribution >= 0.6 is 0 Å². The fourth-order valence-corrected chi connectivity index (χ4v) is 2.55. The Hall–Kier alpha value is -1.12. The summed E-state index contributed by atoms with van der Waals surface area (Å²) in [6, 6.07) is 5.33. The molecular formula is C9H14N2O4S2. The van der Waals surface area contributed by atoms with Gasteiger partial charge in [-0.1, -0.05) is 0 Å². The number of hydrogen-bond donors (Lipinski definition) is 1. The van der Waals surface area contributed by atoms with Gasteiger partial charge in [0.1, 0.15) is 0 Å². The first-order valence-corrected chi connectivity index (χ1v) is 7.93. The van der Waals surface area contributed by atoms with Crippen LogP contribution in [-0.2, 0) is 20.0 Å². The van der Waals surface area contributed by atoms with E-state index in [9.17, 15) is 16.8 Å². The second-order valence-corrected chi connectivity index (χ2v) is 7.26. The fourth-order valence-electron chi connectivity index (χ4n) is 1.20. The molecular weight excluding hydrogens is 264 g/mol. The largest absolute Gasteiger partial charge is 0.273 e. The van der Waals surface area contributed by atoms with Gasteiger partial charge in [0.15, 0.2) is 0 Å². The first-order chi connectivity index (χ1) is 7.68. The van der Waals surface area contributed by atoms with Crippen LogP contribution in [0.1, 0.15) is 6.92 Å². The Kier molecular flexibility index (Phi) is 3.80. The van der Waals surface area contributed by atoms with Crippen LogP contribution in [-0.4, -0.2) is 29.6 Å². The van der Waals surface area contributed by atoms with Gasteiger partial charge in [-0.2, -0.15) is 0 Å². The Morgan fingerprint density at radius 1 is 1.12 bits per heavy atom. The molecule has 0 atom stereocenters. The minimum absolute atomic E-state index is 0.0273. The average molecular weight is 278 g/mol.